The molecule has 1 rings (SSSR count). The molecule has 2 N–H and O–H groups in total. The second-order valence-electron chi connectivity index (χ2n) is 3.82. The Morgan fingerprint density at radius 2 is 1.94 bits per heavy atom. The summed E-state index contributed by atoms with van der Waals surface area (Å²) in [6, 6.07) is 2.40. The van der Waals surface area contributed by atoms with Gasteiger partial charge < -0.3 is 10.5 Å². The SMILES string of the molecule is C[C@@H](N)c1cc(F)ccc1OCC(F)(F)C(F)F. The lowest BCUT2D eigenvalue weighted by Crippen LogP contribution is -2.34. The molecule has 1 atom stereocenters. The second kappa shape index (κ2) is 5.51. The molecule has 0 aliphatic carbocycles. The van der Waals surface area contributed by atoms with Gasteiger partial charge in [0.05, 0.1) is 0 Å². The van der Waals surface area contributed by atoms with E-state index >= 15 is 0 Å². The van der Waals surface area contributed by atoms with Gasteiger partial charge in [-0.2, -0.15) is 8.78 Å². The fourth-order valence-electron chi connectivity index (χ4n) is 1.24. The predicted octanol–water partition coefficient (Wildman–Crippen LogP) is 3.12. The minimum absolute atomic E-state index is 0.133. The predicted molar refractivity (Wildman–Crippen MR) is 55.4 cm³/mol. The lowest BCUT2D eigenvalue weighted by molar-refractivity contribution is -0.148. The third-order valence-electron chi connectivity index (χ3n) is 2.20. The van der Waals surface area contributed by atoms with Crippen molar-refractivity contribution < 1.29 is 26.7 Å². The van der Waals surface area contributed by atoms with Crippen molar-refractivity contribution in [2.75, 3.05) is 6.61 Å². The number of benzene rings is 1. The van der Waals surface area contributed by atoms with Gasteiger partial charge in [-0.25, -0.2) is 13.2 Å². The van der Waals surface area contributed by atoms with Crippen LogP contribution < -0.4 is 10.5 Å². The summed E-state index contributed by atoms with van der Waals surface area (Å²) in [6.45, 7) is 0.00288. The third kappa shape index (κ3) is 3.56. The molecule has 0 unspecified atom stereocenters. The lowest BCUT2D eigenvalue weighted by Gasteiger charge is -2.18. The summed E-state index contributed by atoms with van der Waals surface area (Å²) in [6.07, 6.45) is -3.82. The number of hydrogen-bond acceptors (Lipinski definition) is 2. The van der Waals surface area contributed by atoms with Gasteiger partial charge in [0.15, 0.2) is 6.61 Å². The van der Waals surface area contributed by atoms with E-state index in [0.29, 0.717) is 0 Å². The van der Waals surface area contributed by atoms with E-state index in [1.807, 2.05) is 0 Å². The lowest BCUT2D eigenvalue weighted by atomic mass is 10.1. The van der Waals surface area contributed by atoms with Crippen LogP contribution in [-0.4, -0.2) is 19.0 Å². The van der Waals surface area contributed by atoms with Crippen LogP contribution in [-0.2, 0) is 0 Å². The molecule has 0 aliphatic heterocycles. The zero-order valence-corrected chi connectivity index (χ0v) is 9.47. The van der Waals surface area contributed by atoms with Crippen LogP contribution >= 0.6 is 0 Å². The quantitative estimate of drug-likeness (QED) is 0.833. The normalized spacial score (nSPS) is 13.8. The first kappa shape index (κ1) is 14.7. The third-order valence-corrected chi connectivity index (χ3v) is 2.20. The van der Waals surface area contributed by atoms with Crippen molar-refractivity contribution in [2.24, 2.45) is 5.73 Å². The molecule has 0 amide bonds. The molecule has 0 aromatic heterocycles. The molecule has 0 radical (unpaired) electrons. The average molecular weight is 269 g/mol. The molecule has 1 aromatic rings. The van der Waals surface area contributed by atoms with Crippen molar-refractivity contribution in [1.82, 2.24) is 0 Å². The number of alkyl halides is 4. The van der Waals surface area contributed by atoms with E-state index in [2.05, 4.69) is 4.74 Å². The standard InChI is InChI=1S/C11H12F5NO/c1-6(17)8-4-7(12)2-3-9(8)18-5-11(15,16)10(13)14/h2-4,6,10H,5,17H2,1H3/t6-/m1/s1. The van der Waals surface area contributed by atoms with Crippen molar-refractivity contribution in [3.63, 3.8) is 0 Å². The van der Waals surface area contributed by atoms with Gasteiger partial charge >= 0.3 is 12.3 Å². The molecule has 102 valence electrons. The Morgan fingerprint density at radius 3 is 2.44 bits per heavy atom. The summed E-state index contributed by atoms with van der Waals surface area (Å²) in [5, 5.41) is 0. The molecule has 0 saturated carbocycles. The number of halogens is 5. The van der Waals surface area contributed by atoms with Gasteiger partial charge in [0, 0.05) is 11.6 Å². The van der Waals surface area contributed by atoms with E-state index < -0.39 is 30.8 Å². The fourth-order valence-corrected chi connectivity index (χ4v) is 1.24. The summed E-state index contributed by atoms with van der Waals surface area (Å²) in [5.74, 6) is -5.01. The van der Waals surface area contributed by atoms with Crippen molar-refractivity contribution in [3.05, 3.63) is 29.6 Å². The molecule has 0 heterocycles. The van der Waals surface area contributed by atoms with Crippen molar-refractivity contribution >= 4 is 0 Å². The van der Waals surface area contributed by atoms with Crippen LogP contribution in [0.2, 0.25) is 0 Å². The van der Waals surface area contributed by atoms with Gasteiger partial charge in [0.2, 0.25) is 0 Å². The number of ether oxygens (including phenoxy) is 1. The van der Waals surface area contributed by atoms with Crippen LogP contribution in [0.3, 0.4) is 0 Å². The summed E-state index contributed by atoms with van der Waals surface area (Å²) >= 11 is 0. The fraction of sp³-hybridized carbons (Fsp3) is 0.455. The topological polar surface area (TPSA) is 35.2 Å². The molecule has 7 heteroatoms. The highest BCUT2D eigenvalue weighted by Crippen LogP contribution is 2.28. The van der Waals surface area contributed by atoms with E-state index in [4.69, 9.17) is 5.73 Å². The van der Waals surface area contributed by atoms with Gasteiger partial charge in [0.25, 0.3) is 0 Å². The van der Waals surface area contributed by atoms with E-state index in [0.717, 1.165) is 18.2 Å². The van der Waals surface area contributed by atoms with Crippen LogP contribution in [0, 0.1) is 5.82 Å². The molecule has 18 heavy (non-hydrogen) atoms. The smallest absolute Gasteiger partial charge is 0.340 e. The minimum Gasteiger partial charge on any atom is -0.487 e. The molecule has 0 aliphatic rings. The van der Waals surface area contributed by atoms with Gasteiger partial charge in [-0.3, -0.25) is 0 Å². The van der Waals surface area contributed by atoms with Crippen LogP contribution in [0.1, 0.15) is 18.5 Å². The zero-order valence-electron chi connectivity index (χ0n) is 9.47. The Bertz CT molecular complexity index is 408. The van der Waals surface area contributed by atoms with Crippen LogP contribution in [0.5, 0.6) is 5.75 Å². The Balaban J connectivity index is 2.85. The summed E-state index contributed by atoms with van der Waals surface area (Å²) in [5.41, 5.74) is 5.64. The maximum atomic E-state index is 12.9. The van der Waals surface area contributed by atoms with Gasteiger partial charge in [-0.05, 0) is 25.1 Å². The Labute approximate surface area is 101 Å². The van der Waals surface area contributed by atoms with Crippen LogP contribution in [0.4, 0.5) is 22.0 Å². The highest BCUT2D eigenvalue weighted by atomic mass is 19.3. The molecule has 1 aromatic carbocycles. The summed E-state index contributed by atoms with van der Waals surface area (Å²) in [7, 11) is 0. The molecular formula is C11H12F5NO. The number of nitrogens with two attached hydrogens (primary N) is 1. The first-order valence-electron chi connectivity index (χ1n) is 5.08. The maximum Gasteiger partial charge on any atom is 0.340 e. The van der Waals surface area contributed by atoms with Crippen molar-refractivity contribution in [2.45, 2.75) is 25.3 Å². The van der Waals surface area contributed by atoms with Crippen LogP contribution in [0.25, 0.3) is 0 Å². The van der Waals surface area contributed by atoms with Gasteiger partial charge in [0.1, 0.15) is 11.6 Å². The summed E-state index contributed by atoms with van der Waals surface area (Å²) in [4.78, 5) is 0. The second-order valence-corrected chi connectivity index (χ2v) is 3.82. The average Bonchev–Trinajstić information content (AvgIpc) is 2.27. The van der Waals surface area contributed by atoms with E-state index in [-0.39, 0.29) is 11.3 Å². The summed E-state index contributed by atoms with van der Waals surface area (Å²) < 4.78 is 66.7. The first-order chi connectivity index (χ1) is 8.24. The minimum atomic E-state index is -4.26. The molecule has 0 bridgehead atoms. The Morgan fingerprint density at radius 1 is 1.33 bits per heavy atom. The number of rotatable bonds is 5. The first-order valence-corrected chi connectivity index (χ1v) is 5.08. The van der Waals surface area contributed by atoms with Crippen LogP contribution in [0.15, 0.2) is 18.2 Å². The monoisotopic (exact) mass is 269 g/mol. The Kier molecular flexibility index (Phi) is 4.50. The van der Waals surface area contributed by atoms with E-state index in [1.54, 1.807) is 0 Å². The molecule has 0 fully saturated rings. The van der Waals surface area contributed by atoms with Gasteiger partial charge in [-0.1, -0.05) is 0 Å². The highest BCUT2D eigenvalue weighted by Gasteiger charge is 2.41. The zero-order chi connectivity index (χ0) is 13.9. The van der Waals surface area contributed by atoms with Gasteiger partial charge in [-0.15, -0.1) is 0 Å². The number of hydrogen-bond donors (Lipinski definition) is 1. The molecular weight excluding hydrogens is 257 g/mol. The highest BCUT2D eigenvalue weighted by molar-refractivity contribution is 5.36. The van der Waals surface area contributed by atoms with E-state index in [1.165, 1.54) is 6.92 Å². The van der Waals surface area contributed by atoms with Crippen molar-refractivity contribution in [1.29, 1.82) is 0 Å². The molecule has 0 saturated heterocycles. The molecule has 0 spiro atoms. The molecule has 2 nitrogen and oxygen atoms in total. The van der Waals surface area contributed by atoms with Crippen molar-refractivity contribution in [3.8, 4) is 5.75 Å². The maximum absolute atomic E-state index is 12.9. The largest absolute Gasteiger partial charge is 0.487 e. The van der Waals surface area contributed by atoms with E-state index in [9.17, 15) is 22.0 Å². The Hall–Kier alpha value is -1.37.